The van der Waals surface area contributed by atoms with Crippen LogP contribution in [0.1, 0.15) is 59.3 Å². The van der Waals surface area contributed by atoms with Crippen molar-refractivity contribution in [1.82, 2.24) is 0 Å². The summed E-state index contributed by atoms with van der Waals surface area (Å²) in [7, 11) is -7.82. The Balaban J connectivity index is 6.36. The van der Waals surface area contributed by atoms with Crippen molar-refractivity contribution in [1.29, 1.82) is 0 Å². The van der Waals surface area contributed by atoms with E-state index in [1.54, 1.807) is 0 Å². The predicted octanol–water partition coefficient (Wildman–Crippen LogP) is 7.06. The van der Waals surface area contributed by atoms with Crippen LogP contribution in [0.15, 0.2) is 0 Å². The van der Waals surface area contributed by atoms with Gasteiger partial charge < -0.3 is 14.0 Å². The molecule has 0 heterocycles. The van der Waals surface area contributed by atoms with E-state index < -0.39 is 33.1 Å². The molecule has 0 atom stereocenters. The summed E-state index contributed by atoms with van der Waals surface area (Å²) >= 11 is 0. The van der Waals surface area contributed by atoms with E-state index in [4.69, 9.17) is 4.21 Å². The van der Waals surface area contributed by atoms with Crippen LogP contribution in [0.2, 0.25) is 55.7 Å². The first kappa shape index (κ1) is 26.0. The minimum Gasteiger partial charge on any atom is -0.355 e. The molecule has 0 aliphatic carbocycles. The molecule has 0 aromatic rings. The second-order valence-electron chi connectivity index (χ2n) is 9.48. The number of unbranched alkanes of at least 4 members (excludes halogenated alkanes) is 2. The van der Waals surface area contributed by atoms with E-state index in [1.807, 2.05) is 0 Å². The molecule has 0 unspecified atom stereocenters. The summed E-state index contributed by atoms with van der Waals surface area (Å²) in [4.78, 5) is 19.5. The van der Waals surface area contributed by atoms with Crippen LogP contribution < -0.4 is 0 Å². The smallest absolute Gasteiger partial charge is 0.316 e. The van der Waals surface area contributed by atoms with Crippen molar-refractivity contribution in [2.24, 2.45) is 0 Å². The van der Waals surface area contributed by atoms with Crippen molar-refractivity contribution < 1.29 is 14.0 Å². The SMILES string of the molecule is CCCC[Si](C)(C)C(CCC)([Si](C)(C)CCCC)[Si](C)(C)OP(O)O. The highest BCUT2D eigenvalue weighted by molar-refractivity contribution is 7.42. The first-order chi connectivity index (χ1) is 11.3. The lowest BCUT2D eigenvalue weighted by Crippen LogP contribution is -2.69. The van der Waals surface area contributed by atoms with Gasteiger partial charge in [-0.1, -0.05) is 97.6 Å². The Morgan fingerprint density at radius 1 is 0.760 bits per heavy atom. The number of rotatable bonds is 13. The zero-order chi connectivity index (χ0) is 19.9. The largest absolute Gasteiger partial charge is 0.355 e. The first-order valence-corrected chi connectivity index (χ1v) is 20.7. The summed E-state index contributed by atoms with van der Waals surface area (Å²) in [5, 5.41) is 0. The van der Waals surface area contributed by atoms with Crippen LogP contribution in [-0.4, -0.2) is 34.3 Å². The van der Waals surface area contributed by atoms with Gasteiger partial charge in [0.05, 0.1) is 16.1 Å². The summed E-state index contributed by atoms with van der Waals surface area (Å²) in [6.45, 7) is 21.7. The van der Waals surface area contributed by atoms with Gasteiger partial charge in [0.2, 0.25) is 0 Å². The van der Waals surface area contributed by atoms with E-state index in [0.717, 1.165) is 0 Å². The summed E-state index contributed by atoms with van der Waals surface area (Å²) < 4.78 is 6.33. The fourth-order valence-electron chi connectivity index (χ4n) is 5.84. The third kappa shape index (κ3) is 5.97. The Hall–Kier alpha value is 0.961. The molecule has 0 aromatic carbocycles. The highest BCUT2D eigenvalue weighted by Crippen LogP contribution is 2.61. The zero-order valence-corrected chi connectivity index (χ0v) is 22.3. The van der Waals surface area contributed by atoms with Crippen LogP contribution in [0.5, 0.6) is 0 Å². The number of hydrogen-bond donors (Lipinski definition) is 2. The summed E-state index contributed by atoms with van der Waals surface area (Å²) in [6, 6.07) is 2.67. The lowest BCUT2D eigenvalue weighted by molar-refractivity contribution is 0.365. The third-order valence-corrected chi connectivity index (χ3v) is 31.4. The molecule has 0 aromatic heterocycles. The molecule has 0 bridgehead atoms. The molecule has 2 N–H and O–H groups in total. The minimum atomic E-state index is -2.29. The highest BCUT2D eigenvalue weighted by atomic mass is 31.2. The predicted molar refractivity (Wildman–Crippen MR) is 122 cm³/mol. The van der Waals surface area contributed by atoms with Gasteiger partial charge >= 0.3 is 8.60 Å². The Morgan fingerprint density at radius 2 is 1.16 bits per heavy atom. The average Bonchev–Trinajstić information content (AvgIpc) is 2.46. The summed E-state index contributed by atoms with van der Waals surface area (Å²) in [5.41, 5.74) is 0. The Bertz CT molecular complexity index is 368. The molecule has 0 rings (SSSR count). The Morgan fingerprint density at radius 3 is 1.44 bits per heavy atom. The molecular weight excluding hydrogens is 379 g/mol. The molecule has 0 amide bonds. The third-order valence-electron chi connectivity index (χ3n) is 6.58. The average molecular weight is 425 g/mol. The summed E-state index contributed by atoms with van der Waals surface area (Å²) in [6.07, 6.45) is 7.44. The molecule has 0 aliphatic heterocycles. The van der Waals surface area contributed by atoms with Crippen LogP contribution in [0.3, 0.4) is 0 Å². The lowest BCUT2D eigenvalue weighted by atomic mass is 10.4. The molecule has 0 spiro atoms. The fraction of sp³-hybridized carbons (Fsp3) is 1.00. The maximum absolute atomic E-state index is 9.77. The van der Waals surface area contributed by atoms with E-state index >= 15 is 0 Å². The second-order valence-corrected chi connectivity index (χ2v) is 26.3. The van der Waals surface area contributed by atoms with E-state index in [-0.39, 0.29) is 4.28 Å². The van der Waals surface area contributed by atoms with Crippen LogP contribution >= 0.6 is 8.60 Å². The topological polar surface area (TPSA) is 49.7 Å². The fourth-order valence-corrected chi connectivity index (χ4v) is 36.8. The zero-order valence-electron chi connectivity index (χ0n) is 18.4. The minimum absolute atomic E-state index is 0.262. The standard InChI is InChI=1S/C18H45O3PSi3/c1-10-13-16-23(4,5)18(15-12-3,24(6,7)17-14-11-2)25(8,9)21-22(19)20/h19-20H,10-17H2,1-9H3. The van der Waals surface area contributed by atoms with Gasteiger partial charge in [-0.25, -0.2) is 0 Å². The van der Waals surface area contributed by atoms with Crippen molar-refractivity contribution in [3.05, 3.63) is 0 Å². The van der Waals surface area contributed by atoms with E-state index in [2.05, 4.69) is 60.1 Å². The maximum atomic E-state index is 9.77. The summed E-state index contributed by atoms with van der Waals surface area (Å²) in [5.74, 6) is 0. The van der Waals surface area contributed by atoms with Gasteiger partial charge in [0.1, 0.15) is 0 Å². The van der Waals surface area contributed by atoms with Crippen LogP contribution in [-0.2, 0) is 4.21 Å². The van der Waals surface area contributed by atoms with Crippen molar-refractivity contribution in [2.45, 2.75) is 115 Å². The Kier molecular flexibility index (Phi) is 10.9. The van der Waals surface area contributed by atoms with Gasteiger partial charge in [0, 0.05) is 0 Å². The molecule has 3 nitrogen and oxygen atoms in total. The molecule has 25 heavy (non-hydrogen) atoms. The molecule has 0 saturated carbocycles. The van der Waals surface area contributed by atoms with Crippen LogP contribution in [0.25, 0.3) is 0 Å². The highest BCUT2D eigenvalue weighted by Gasteiger charge is 2.65. The van der Waals surface area contributed by atoms with Crippen molar-refractivity contribution in [3.8, 4) is 0 Å². The van der Waals surface area contributed by atoms with E-state index in [9.17, 15) is 9.79 Å². The van der Waals surface area contributed by atoms with Gasteiger partial charge in [-0.2, -0.15) is 0 Å². The number of hydrogen-bond acceptors (Lipinski definition) is 3. The van der Waals surface area contributed by atoms with Crippen molar-refractivity contribution in [3.63, 3.8) is 0 Å². The molecule has 0 fully saturated rings. The molecule has 0 radical (unpaired) electrons. The van der Waals surface area contributed by atoms with Crippen LogP contribution in [0.4, 0.5) is 0 Å². The van der Waals surface area contributed by atoms with Gasteiger partial charge in [0.15, 0.2) is 8.32 Å². The van der Waals surface area contributed by atoms with Crippen LogP contribution in [0, 0.1) is 0 Å². The second kappa shape index (κ2) is 10.5. The Labute approximate surface area is 162 Å². The molecular formula is C18H45O3PSi3. The van der Waals surface area contributed by atoms with Crippen molar-refractivity contribution >= 4 is 33.1 Å². The first-order valence-electron chi connectivity index (χ1n) is 10.2. The molecule has 0 aliphatic rings. The van der Waals surface area contributed by atoms with Crippen molar-refractivity contribution in [2.75, 3.05) is 0 Å². The van der Waals surface area contributed by atoms with E-state index in [0.29, 0.717) is 0 Å². The van der Waals surface area contributed by atoms with Gasteiger partial charge in [-0.15, -0.1) is 0 Å². The lowest BCUT2D eigenvalue weighted by Gasteiger charge is -2.61. The quantitative estimate of drug-likeness (QED) is 0.246. The van der Waals surface area contributed by atoms with E-state index in [1.165, 1.54) is 50.6 Å². The normalized spacial score (nSPS) is 14.4. The molecule has 152 valence electrons. The maximum Gasteiger partial charge on any atom is 0.316 e. The van der Waals surface area contributed by atoms with Gasteiger partial charge in [0.25, 0.3) is 0 Å². The monoisotopic (exact) mass is 424 g/mol. The van der Waals surface area contributed by atoms with Gasteiger partial charge in [-0.05, 0) is 17.4 Å². The van der Waals surface area contributed by atoms with Gasteiger partial charge in [-0.3, -0.25) is 0 Å². The molecule has 0 saturated heterocycles. The molecule has 7 heteroatoms.